The van der Waals surface area contributed by atoms with Crippen LogP contribution in [0.2, 0.25) is 0 Å². The first-order valence-corrected chi connectivity index (χ1v) is 5.51. The molecule has 0 unspecified atom stereocenters. The Morgan fingerprint density at radius 2 is 2.08 bits per heavy atom. The number of para-hydroxylation sites is 1. The summed E-state index contributed by atoms with van der Waals surface area (Å²) in [6.07, 6.45) is 2.41. The molecule has 1 heterocycles. The first kappa shape index (κ1) is 8.70. The molecule has 2 aromatic rings. The Kier molecular flexibility index (Phi) is 2.32. The van der Waals surface area contributed by atoms with Gasteiger partial charge in [-0.2, -0.15) is 4.57 Å². The first-order chi connectivity index (χ1) is 6.33. The minimum absolute atomic E-state index is 1.19. The number of hydrogen-bond donors (Lipinski definition) is 0. The Hall–Kier alpha value is -0.890. The Morgan fingerprint density at radius 3 is 2.77 bits per heavy atom. The Morgan fingerprint density at radius 1 is 1.31 bits per heavy atom. The van der Waals surface area contributed by atoms with E-state index in [1.165, 1.54) is 28.1 Å². The van der Waals surface area contributed by atoms with Gasteiger partial charge in [-0.3, -0.25) is 0 Å². The van der Waals surface area contributed by atoms with E-state index in [0.717, 1.165) is 0 Å². The van der Waals surface area contributed by atoms with Crippen LogP contribution in [0, 0.1) is 0 Å². The quantitative estimate of drug-likeness (QED) is 0.644. The monoisotopic (exact) mass is 192 g/mol. The molecule has 0 aliphatic carbocycles. The van der Waals surface area contributed by atoms with E-state index in [9.17, 15) is 0 Å². The zero-order chi connectivity index (χ0) is 9.26. The van der Waals surface area contributed by atoms with E-state index in [0.29, 0.717) is 0 Å². The molecular formula is C11H14NS+. The Bertz CT molecular complexity index is 417. The third-order valence-corrected chi connectivity index (χ3v) is 3.57. The molecular weight excluding hydrogens is 178 g/mol. The standard InChI is InChI=1S/C11H14NS/c1-3-6-11-12(2)9-7-4-5-8-10(9)13-11/h4-5,7-8H,3,6H2,1-2H3/q+1. The second-order valence-corrected chi connectivity index (χ2v) is 4.39. The van der Waals surface area contributed by atoms with Crippen molar-refractivity contribution in [2.75, 3.05) is 0 Å². The van der Waals surface area contributed by atoms with Crippen LogP contribution in [0.1, 0.15) is 18.4 Å². The van der Waals surface area contributed by atoms with E-state index in [1.54, 1.807) is 0 Å². The first-order valence-electron chi connectivity index (χ1n) is 4.69. The number of fused-ring (bicyclic) bond motifs is 1. The number of aryl methyl sites for hydroxylation is 2. The van der Waals surface area contributed by atoms with Crippen LogP contribution >= 0.6 is 11.3 Å². The number of hydrogen-bond acceptors (Lipinski definition) is 1. The fourth-order valence-corrected chi connectivity index (χ4v) is 2.83. The molecule has 2 rings (SSSR count). The third kappa shape index (κ3) is 1.46. The number of benzene rings is 1. The maximum Gasteiger partial charge on any atom is 0.238 e. The van der Waals surface area contributed by atoms with Crippen LogP contribution in [0.5, 0.6) is 0 Å². The summed E-state index contributed by atoms with van der Waals surface area (Å²) in [5.41, 5.74) is 1.36. The van der Waals surface area contributed by atoms with E-state index in [2.05, 4.69) is 42.8 Å². The predicted octanol–water partition coefficient (Wildman–Crippen LogP) is 2.68. The Balaban J connectivity index is 2.60. The van der Waals surface area contributed by atoms with Crippen molar-refractivity contribution < 1.29 is 4.57 Å². The van der Waals surface area contributed by atoms with Crippen molar-refractivity contribution in [1.29, 1.82) is 0 Å². The third-order valence-electron chi connectivity index (χ3n) is 2.29. The summed E-state index contributed by atoms with van der Waals surface area (Å²) in [7, 11) is 2.16. The molecule has 0 saturated heterocycles. The van der Waals surface area contributed by atoms with Gasteiger partial charge in [0.25, 0.3) is 0 Å². The van der Waals surface area contributed by atoms with Crippen LogP contribution in [-0.4, -0.2) is 0 Å². The lowest BCUT2D eigenvalue weighted by atomic mass is 10.3. The van der Waals surface area contributed by atoms with Gasteiger partial charge in [0.2, 0.25) is 10.5 Å². The normalized spacial score (nSPS) is 10.9. The van der Waals surface area contributed by atoms with E-state index >= 15 is 0 Å². The minimum Gasteiger partial charge on any atom is -0.189 e. The topological polar surface area (TPSA) is 3.88 Å². The van der Waals surface area contributed by atoms with Gasteiger partial charge in [-0.05, 0) is 12.5 Å². The maximum atomic E-state index is 2.31. The highest BCUT2D eigenvalue weighted by Crippen LogP contribution is 2.20. The van der Waals surface area contributed by atoms with Crippen LogP contribution in [-0.2, 0) is 13.5 Å². The SMILES string of the molecule is CCCc1sc2ccccc2[n+]1C. The molecule has 0 spiro atoms. The number of thiazole rings is 1. The maximum absolute atomic E-state index is 2.31. The van der Waals surface area contributed by atoms with Gasteiger partial charge in [0.05, 0.1) is 0 Å². The lowest BCUT2D eigenvalue weighted by molar-refractivity contribution is -0.648. The highest BCUT2D eigenvalue weighted by atomic mass is 32.1. The predicted molar refractivity (Wildman–Crippen MR) is 57.0 cm³/mol. The molecule has 68 valence electrons. The van der Waals surface area contributed by atoms with Crippen molar-refractivity contribution in [3.63, 3.8) is 0 Å². The van der Waals surface area contributed by atoms with Crippen LogP contribution in [0.4, 0.5) is 0 Å². The van der Waals surface area contributed by atoms with Crippen molar-refractivity contribution in [3.8, 4) is 0 Å². The minimum atomic E-state index is 1.19. The van der Waals surface area contributed by atoms with Gasteiger partial charge in [0.15, 0.2) is 0 Å². The summed E-state index contributed by atoms with van der Waals surface area (Å²) in [6.45, 7) is 2.23. The van der Waals surface area contributed by atoms with Gasteiger partial charge in [-0.15, -0.1) is 0 Å². The molecule has 0 radical (unpaired) electrons. The molecule has 0 aliphatic rings. The molecule has 0 N–H and O–H groups in total. The van der Waals surface area contributed by atoms with Gasteiger partial charge >= 0.3 is 0 Å². The van der Waals surface area contributed by atoms with Crippen molar-refractivity contribution in [3.05, 3.63) is 29.3 Å². The molecule has 1 nitrogen and oxygen atoms in total. The average molecular weight is 192 g/mol. The smallest absolute Gasteiger partial charge is 0.189 e. The molecule has 0 bridgehead atoms. The molecule has 0 atom stereocenters. The van der Waals surface area contributed by atoms with Gasteiger partial charge in [0, 0.05) is 12.5 Å². The lowest BCUT2D eigenvalue weighted by Crippen LogP contribution is -2.30. The molecule has 0 saturated carbocycles. The van der Waals surface area contributed by atoms with Gasteiger partial charge in [-0.1, -0.05) is 30.4 Å². The zero-order valence-electron chi connectivity index (χ0n) is 8.08. The van der Waals surface area contributed by atoms with E-state index in [4.69, 9.17) is 0 Å². The lowest BCUT2D eigenvalue weighted by Gasteiger charge is -1.88. The van der Waals surface area contributed by atoms with Crippen LogP contribution in [0.25, 0.3) is 10.2 Å². The fourth-order valence-electron chi connectivity index (χ4n) is 1.58. The molecule has 0 aliphatic heterocycles. The summed E-state index contributed by atoms with van der Waals surface area (Å²) >= 11 is 1.91. The summed E-state index contributed by atoms with van der Waals surface area (Å²) < 4.78 is 3.71. The summed E-state index contributed by atoms with van der Waals surface area (Å²) in [5.74, 6) is 0. The summed E-state index contributed by atoms with van der Waals surface area (Å²) in [4.78, 5) is 0. The van der Waals surface area contributed by atoms with E-state index < -0.39 is 0 Å². The Labute approximate surface area is 82.6 Å². The van der Waals surface area contributed by atoms with Crippen LogP contribution in [0.3, 0.4) is 0 Å². The molecule has 13 heavy (non-hydrogen) atoms. The number of aromatic nitrogens is 1. The molecule has 0 amide bonds. The number of rotatable bonds is 2. The van der Waals surface area contributed by atoms with E-state index in [-0.39, 0.29) is 0 Å². The fraction of sp³-hybridized carbons (Fsp3) is 0.364. The van der Waals surface area contributed by atoms with Gasteiger partial charge in [0.1, 0.15) is 11.7 Å². The molecule has 1 aromatic carbocycles. The van der Waals surface area contributed by atoms with Gasteiger partial charge in [-0.25, -0.2) is 0 Å². The van der Waals surface area contributed by atoms with Crippen molar-refractivity contribution in [2.24, 2.45) is 7.05 Å². The second-order valence-electron chi connectivity index (χ2n) is 3.27. The molecule has 2 heteroatoms. The highest BCUT2D eigenvalue weighted by Gasteiger charge is 2.14. The van der Waals surface area contributed by atoms with Gasteiger partial charge < -0.3 is 0 Å². The second kappa shape index (κ2) is 3.46. The van der Waals surface area contributed by atoms with Crippen molar-refractivity contribution in [2.45, 2.75) is 19.8 Å². The van der Waals surface area contributed by atoms with Crippen LogP contribution < -0.4 is 4.57 Å². The van der Waals surface area contributed by atoms with E-state index in [1.807, 2.05) is 11.3 Å². The van der Waals surface area contributed by atoms with Crippen molar-refractivity contribution in [1.82, 2.24) is 0 Å². The van der Waals surface area contributed by atoms with Crippen LogP contribution in [0.15, 0.2) is 24.3 Å². The summed E-state index contributed by atoms with van der Waals surface area (Å²) in [5, 5.41) is 1.48. The number of nitrogens with zero attached hydrogens (tertiary/aromatic N) is 1. The largest absolute Gasteiger partial charge is 0.238 e. The molecule has 1 aromatic heterocycles. The molecule has 0 fully saturated rings. The average Bonchev–Trinajstić information content (AvgIpc) is 2.46. The summed E-state index contributed by atoms with van der Waals surface area (Å²) in [6, 6.07) is 8.59. The highest BCUT2D eigenvalue weighted by molar-refractivity contribution is 7.18. The zero-order valence-corrected chi connectivity index (χ0v) is 8.90. The van der Waals surface area contributed by atoms with Crippen molar-refractivity contribution >= 4 is 21.6 Å².